The molecule has 0 aliphatic carbocycles. The van der Waals surface area contributed by atoms with Crippen molar-refractivity contribution < 1.29 is 4.74 Å². The zero-order valence-corrected chi connectivity index (χ0v) is 10.5. The smallest absolute Gasteiger partial charge is 0.138 e. The van der Waals surface area contributed by atoms with Crippen molar-refractivity contribution in [1.29, 1.82) is 0 Å². The van der Waals surface area contributed by atoms with E-state index in [9.17, 15) is 0 Å². The van der Waals surface area contributed by atoms with Gasteiger partial charge in [-0.15, -0.1) is 0 Å². The van der Waals surface area contributed by atoms with Crippen molar-refractivity contribution in [1.82, 2.24) is 15.3 Å². The van der Waals surface area contributed by atoms with E-state index in [1.807, 2.05) is 6.07 Å². The van der Waals surface area contributed by atoms with Gasteiger partial charge < -0.3 is 15.0 Å². The highest BCUT2D eigenvalue weighted by molar-refractivity contribution is 6.35. The van der Waals surface area contributed by atoms with Gasteiger partial charge >= 0.3 is 0 Å². The Kier molecular flexibility index (Phi) is 4.36. The molecule has 2 heterocycles. The molecule has 0 saturated heterocycles. The third-order valence-corrected chi connectivity index (χ3v) is 2.88. The van der Waals surface area contributed by atoms with Crippen molar-refractivity contribution in [3.63, 3.8) is 0 Å². The highest BCUT2D eigenvalue weighted by Gasteiger charge is 2.04. The minimum absolute atomic E-state index is 0.733. The highest BCUT2D eigenvalue weighted by atomic mass is 35.5. The Morgan fingerprint density at radius 1 is 1.53 bits per heavy atom. The summed E-state index contributed by atoms with van der Waals surface area (Å²) in [6.07, 6.45) is 2.71. The van der Waals surface area contributed by atoms with Crippen molar-refractivity contribution in [3.05, 3.63) is 29.0 Å². The number of nitrogens with zero attached hydrogens (tertiary/aromatic N) is 1. The van der Waals surface area contributed by atoms with Gasteiger partial charge in [0.1, 0.15) is 5.65 Å². The maximum Gasteiger partial charge on any atom is 0.138 e. The van der Waals surface area contributed by atoms with Crippen LogP contribution in [0.2, 0.25) is 5.02 Å². The molecule has 5 heteroatoms. The van der Waals surface area contributed by atoms with Gasteiger partial charge in [-0.2, -0.15) is 0 Å². The molecule has 17 heavy (non-hydrogen) atoms. The lowest BCUT2D eigenvalue weighted by Crippen LogP contribution is -2.16. The van der Waals surface area contributed by atoms with Crippen LogP contribution in [0.5, 0.6) is 0 Å². The molecule has 2 aromatic heterocycles. The predicted octanol–water partition coefficient (Wildman–Crippen LogP) is 2.34. The molecule has 2 rings (SSSR count). The monoisotopic (exact) mass is 253 g/mol. The Hall–Kier alpha value is -1.10. The van der Waals surface area contributed by atoms with Crippen molar-refractivity contribution >= 4 is 22.6 Å². The minimum Gasteiger partial charge on any atom is -0.385 e. The van der Waals surface area contributed by atoms with Crippen LogP contribution in [0.3, 0.4) is 0 Å². The molecule has 0 bridgehead atoms. The molecular formula is C12H16ClN3O. The molecule has 4 nitrogen and oxygen atoms in total. The molecule has 0 aliphatic heterocycles. The van der Waals surface area contributed by atoms with E-state index < -0.39 is 0 Å². The van der Waals surface area contributed by atoms with Crippen LogP contribution in [0.4, 0.5) is 0 Å². The molecule has 2 N–H and O–H groups in total. The van der Waals surface area contributed by atoms with Crippen LogP contribution >= 0.6 is 11.6 Å². The van der Waals surface area contributed by atoms with Crippen LogP contribution in [0.15, 0.2) is 18.3 Å². The van der Waals surface area contributed by atoms with E-state index in [-0.39, 0.29) is 0 Å². The Morgan fingerprint density at radius 2 is 2.41 bits per heavy atom. The summed E-state index contributed by atoms with van der Waals surface area (Å²) in [6, 6.07) is 3.83. The fourth-order valence-corrected chi connectivity index (χ4v) is 1.91. The van der Waals surface area contributed by atoms with Gasteiger partial charge in [0.25, 0.3) is 0 Å². The zero-order valence-electron chi connectivity index (χ0n) is 9.79. The third kappa shape index (κ3) is 3.19. The molecule has 0 aromatic carbocycles. The first-order chi connectivity index (χ1) is 8.31. The molecule has 0 amide bonds. The van der Waals surface area contributed by atoms with Crippen LogP contribution in [-0.2, 0) is 11.3 Å². The quantitative estimate of drug-likeness (QED) is 0.777. The molecule has 0 aliphatic rings. The van der Waals surface area contributed by atoms with Gasteiger partial charge in [-0.3, -0.25) is 0 Å². The first-order valence-corrected chi connectivity index (χ1v) is 6.01. The summed E-state index contributed by atoms with van der Waals surface area (Å²) < 4.78 is 4.98. The number of halogens is 1. The topological polar surface area (TPSA) is 49.9 Å². The fraction of sp³-hybridized carbons (Fsp3) is 0.417. The van der Waals surface area contributed by atoms with E-state index in [1.165, 1.54) is 0 Å². The van der Waals surface area contributed by atoms with Crippen LogP contribution in [0, 0.1) is 0 Å². The van der Waals surface area contributed by atoms with Crippen molar-refractivity contribution in [2.75, 3.05) is 20.3 Å². The van der Waals surface area contributed by atoms with Gasteiger partial charge in [0.15, 0.2) is 0 Å². The second-order valence-electron chi connectivity index (χ2n) is 3.87. The summed E-state index contributed by atoms with van der Waals surface area (Å²) in [7, 11) is 1.71. The number of rotatable bonds is 6. The van der Waals surface area contributed by atoms with Crippen LogP contribution in [0.25, 0.3) is 11.0 Å². The van der Waals surface area contributed by atoms with Gasteiger partial charge in [-0.05, 0) is 25.1 Å². The van der Waals surface area contributed by atoms with Gasteiger partial charge in [-0.25, -0.2) is 4.98 Å². The Bertz CT molecular complexity index is 484. The first kappa shape index (κ1) is 12.4. The Balaban J connectivity index is 1.93. The number of ether oxygens (including phenoxy) is 1. The Labute approximate surface area is 105 Å². The number of fused-ring (bicyclic) bond motifs is 1. The number of aromatic amines is 1. The largest absolute Gasteiger partial charge is 0.385 e. The molecule has 0 fully saturated rings. The maximum atomic E-state index is 6.08. The predicted molar refractivity (Wildman–Crippen MR) is 69.3 cm³/mol. The third-order valence-electron chi connectivity index (χ3n) is 2.55. The second kappa shape index (κ2) is 6.00. The highest BCUT2D eigenvalue weighted by Crippen LogP contribution is 2.21. The molecule has 0 unspecified atom stereocenters. The zero-order chi connectivity index (χ0) is 12.1. The van der Waals surface area contributed by atoms with E-state index in [0.29, 0.717) is 0 Å². The molecule has 0 atom stereocenters. The lowest BCUT2D eigenvalue weighted by atomic mass is 10.3. The second-order valence-corrected chi connectivity index (χ2v) is 4.28. The van der Waals surface area contributed by atoms with Crippen molar-refractivity contribution in [2.45, 2.75) is 13.0 Å². The van der Waals surface area contributed by atoms with E-state index in [4.69, 9.17) is 16.3 Å². The molecule has 0 radical (unpaired) electrons. The lowest BCUT2D eigenvalue weighted by Gasteiger charge is -2.01. The number of hydrogen-bond acceptors (Lipinski definition) is 3. The molecule has 92 valence electrons. The molecule has 0 spiro atoms. The Morgan fingerprint density at radius 3 is 3.18 bits per heavy atom. The summed E-state index contributed by atoms with van der Waals surface area (Å²) in [4.78, 5) is 7.47. The van der Waals surface area contributed by atoms with E-state index in [1.54, 1.807) is 19.4 Å². The van der Waals surface area contributed by atoms with Gasteiger partial charge in [0.2, 0.25) is 0 Å². The van der Waals surface area contributed by atoms with Crippen LogP contribution in [0.1, 0.15) is 12.1 Å². The fourth-order valence-electron chi connectivity index (χ4n) is 1.71. The SMILES string of the molecule is COCCCNCc1cc2c(Cl)ccnc2[nH]1. The van der Waals surface area contributed by atoms with Crippen LogP contribution in [-0.4, -0.2) is 30.2 Å². The number of nitrogens with one attached hydrogen (secondary N) is 2. The number of hydrogen-bond donors (Lipinski definition) is 2. The molecule has 0 saturated carbocycles. The lowest BCUT2D eigenvalue weighted by molar-refractivity contribution is 0.194. The average molecular weight is 254 g/mol. The average Bonchev–Trinajstić information content (AvgIpc) is 2.73. The molecule has 2 aromatic rings. The van der Waals surface area contributed by atoms with Crippen LogP contribution < -0.4 is 5.32 Å². The van der Waals surface area contributed by atoms with E-state index in [0.717, 1.165) is 47.9 Å². The normalized spacial score (nSPS) is 11.2. The van der Waals surface area contributed by atoms with E-state index >= 15 is 0 Å². The summed E-state index contributed by atoms with van der Waals surface area (Å²) >= 11 is 6.08. The minimum atomic E-state index is 0.733. The van der Waals surface area contributed by atoms with Crippen molar-refractivity contribution in [2.24, 2.45) is 0 Å². The van der Waals surface area contributed by atoms with Crippen molar-refractivity contribution in [3.8, 4) is 0 Å². The van der Waals surface area contributed by atoms with Gasteiger partial charge in [0.05, 0.1) is 5.02 Å². The van der Waals surface area contributed by atoms with Gasteiger partial charge in [-0.1, -0.05) is 11.6 Å². The number of aromatic nitrogens is 2. The standard InChI is InChI=1S/C12H16ClN3O/c1-17-6-2-4-14-8-9-7-10-11(13)3-5-15-12(10)16-9/h3,5,7,14H,2,4,6,8H2,1H3,(H,15,16). The van der Waals surface area contributed by atoms with Gasteiger partial charge in [0, 0.05) is 37.5 Å². The number of H-pyrrole nitrogens is 1. The number of pyridine rings is 1. The summed E-state index contributed by atoms with van der Waals surface area (Å²) in [5.74, 6) is 0. The summed E-state index contributed by atoms with van der Waals surface area (Å²) in [5, 5.41) is 5.04. The number of methoxy groups -OCH3 is 1. The first-order valence-electron chi connectivity index (χ1n) is 5.63. The summed E-state index contributed by atoms with van der Waals surface area (Å²) in [6.45, 7) is 2.51. The maximum absolute atomic E-state index is 6.08. The van der Waals surface area contributed by atoms with E-state index in [2.05, 4.69) is 15.3 Å². The summed E-state index contributed by atoms with van der Waals surface area (Å²) in [5.41, 5.74) is 1.93. The molecular weight excluding hydrogens is 238 g/mol.